The molecule has 1 aliphatic heterocycles. The van der Waals surface area contributed by atoms with E-state index < -0.39 is 0 Å². The van der Waals surface area contributed by atoms with Crippen LogP contribution in [0.5, 0.6) is 0 Å². The second-order valence-corrected chi connectivity index (χ2v) is 6.12. The molecule has 3 heterocycles. The van der Waals surface area contributed by atoms with Gasteiger partial charge in [0, 0.05) is 37.0 Å². The van der Waals surface area contributed by atoms with Crippen molar-refractivity contribution in [1.82, 2.24) is 19.9 Å². The molecule has 1 saturated heterocycles. The maximum Gasteiger partial charge on any atom is 0.251 e. The van der Waals surface area contributed by atoms with Crippen molar-refractivity contribution in [1.29, 1.82) is 0 Å². The van der Waals surface area contributed by atoms with Crippen LogP contribution in [-0.2, 0) is 0 Å². The molecule has 1 aromatic carbocycles. The Labute approximate surface area is 140 Å². The van der Waals surface area contributed by atoms with Gasteiger partial charge in [0.15, 0.2) is 5.65 Å². The highest BCUT2D eigenvalue weighted by atomic mass is 16.1. The summed E-state index contributed by atoms with van der Waals surface area (Å²) in [6.07, 6.45) is 4.47. The molecule has 122 valence electrons. The minimum atomic E-state index is -0.00101. The van der Waals surface area contributed by atoms with Crippen molar-refractivity contribution in [2.45, 2.75) is 19.4 Å². The molecule has 1 amide bonds. The Hall–Kier alpha value is -2.89. The molecule has 0 bridgehead atoms. The molecule has 0 radical (unpaired) electrons. The van der Waals surface area contributed by atoms with E-state index in [0.717, 1.165) is 42.1 Å². The Morgan fingerprint density at radius 2 is 2.08 bits per heavy atom. The van der Waals surface area contributed by atoms with Gasteiger partial charge in [-0.1, -0.05) is 18.2 Å². The third kappa shape index (κ3) is 2.60. The van der Waals surface area contributed by atoms with Gasteiger partial charge in [0.05, 0.1) is 6.20 Å². The second-order valence-electron chi connectivity index (χ2n) is 6.12. The van der Waals surface area contributed by atoms with Crippen molar-refractivity contribution in [3.8, 4) is 0 Å². The molecule has 1 N–H and O–H groups in total. The van der Waals surface area contributed by atoms with Crippen molar-refractivity contribution in [2.24, 2.45) is 0 Å². The van der Waals surface area contributed by atoms with Crippen LogP contribution in [0.4, 0.5) is 5.82 Å². The minimum absolute atomic E-state index is 0.00101. The van der Waals surface area contributed by atoms with Crippen LogP contribution in [0.3, 0.4) is 0 Å². The Morgan fingerprint density at radius 3 is 2.96 bits per heavy atom. The summed E-state index contributed by atoms with van der Waals surface area (Å²) in [5.74, 6) is 1.01. The van der Waals surface area contributed by atoms with Crippen molar-refractivity contribution >= 4 is 17.4 Å². The standard InChI is InChI=1S/C18H19N5O/c1-13-4-2-3-5-15(13)18(24)21-14-8-11-22(12-14)17-7-9-19-16-6-10-20-23(16)17/h2-7,9-10,14H,8,11-12H2,1H3,(H,21,24). The predicted molar refractivity (Wildman–Crippen MR) is 92.3 cm³/mol. The molecule has 0 saturated carbocycles. The number of anilines is 1. The predicted octanol–water partition coefficient (Wildman–Crippen LogP) is 2.05. The van der Waals surface area contributed by atoms with E-state index in [4.69, 9.17) is 0 Å². The monoisotopic (exact) mass is 321 g/mol. The summed E-state index contributed by atoms with van der Waals surface area (Å²) < 4.78 is 1.84. The Bertz CT molecular complexity index is 888. The van der Waals surface area contributed by atoms with Crippen molar-refractivity contribution in [3.63, 3.8) is 0 Å². The normalized spacial score (nSPS) is 17.4. The molecule has 4 rings (SSSR count). The summed E-state index contributed by atoms with van der Waals surface area (Å²) in [4.78, 5) is 19.0. The highest BCUT2D eigenvalue weighted by Crippen LogP contribution is 2.20. The number of aromatic nitrogens is 3. The quantitative estimate of drug-likeness (QED) is 0.802. The molecule has 0 aliphatic carbocycles. The lowest BCUT2D eigenvalue weighted by atomic mass is 10.1. The van der Waals surface area contributed by atoms with E-state index in [1.165, 1.54) is 0 Å². The third-order valence-electron chi connectivity index (χ3n) is 4.51. The van der Waals surface area contributed by atoms with Crippen LogP contribution in [0.25, 0.3) is 5.65 Å². The number of carbonyl (C=O) groups excluding carboxylic acids is 1. The number of hydrogen-bond acceptors (Lipinski definition) is 4. The van der Waals surface area contributed by atoms with E-state index in [2.05, 4.69) is 20.3 Å². The van der Waals surface area contributed by atoms with Crippen LogP contribution in [0, 0.1) is 6.92 Å². The lowest BCUT2D eigenvalue weighted by Gasteiger charge is -2.19. The summed E-state index contributed by atoms with van der Waals surface area (Å²) in [6, 6.07) is 11.7. The molecule has 1 atom stereocenters. The second kappa shape index (κ2) is 5.96. The Balaban J connectivity index is 1.48. The number of benzene rings is 1. The first-order chi connectivity index (χ1) is 11.7. The first-order valence-corrected chi connectivity index (χ1v) is 8.12. The summed E-state index contributed by atoms with van der Waals surface area (Å²) in [5.41, 5.74) is 2.58. The van der Waals surface area contributed by atoms with Crippen LogP contribution >= 0.6 is 0 Å². The van der Waals surface area contributed by atoms with Crippen molar-refractivity contribution in [3.05, 3.63) is 59.9 Å². The van der Waals surface area contributed by atoms with Crippen LogP contribution in [-0.4, -0.2) is 39.6 Å². The summed E-state index contributed by atoms with van der Waals surface area (Å²) in [5, 5.41) is 7.49. The number of aryl methyl sites for hydroxylation is 1. The molecule has 0 spiro atoms. The van der Waals surface area contributed by atoms with E-state index >= 15 is 0 Å². The zero-order valence-corrected chi connectivity index (χ0v) is 13.5. The number of nitrogens with zero attached hydrogens (tertiary/aromatic N) is 4. The number of hydrogen-bond donors (Lipinski definition) is 1. The minimum Gasteiger partial charge on any atom is -0.354 e. The molecule has 1 fully saturated rings. The van der Waals surface area contributed by atoms with Gasteiger partial charge in [-0.05, 0) is 31.0 Å². The maximum absolute atomic E-state index is 12.5. The van der Waals surface area contributed by atoms with Gasteiger partial charge in [-0.25, -0.2) is 4.98 Å². The van der Waals surface area contributed by atoms with Crippen molar-refractivity contribution < 1.29 is 4.79 Å². The number of rotatable bonds is 3. The van der Waals surface area contributed by atoms with Crippen molar-refractivity contribution in [2.75, 3.05) is 18.0 Å². The van der Waals surface area contributed by atoms with E-state index in [-0.39, 0.29) is 11.9 Å². The molecular weight excluding hydrogens is 302 g/mol. The Kier molecular flexibility index (Phi) is 3.65. The fourth-order valence-electron chi connectivity index (χ4n) is 3.24. The fourth-order valence-corrected chi connectivity index (χ4v) is 3.24. The van der Waals surface area contributed by atoms with Gasteiger partial charge in [-0.3, -0.25) is 4.79 Å². The smallest absolute Gasteiger partial charge is 0.251 e. The van der Waals surface area contributed by atoms with Crippen LogP contribution in [0.15, 0.2) is 48.8 Å². The van der Waals surface area contributed by atoms with Gasteiger partial charge < -0.3 is 10.2 Å². The number of carbonyl (C=O) groups is 1. The zero-order chi connectivity index (χ0) is 16.5. The molecule has 6 heteroatoms. The average molecular weight is 321 g/mol. The third-order valence-corrected chi connectivity index (χ3v) is 4.51. The van der Waals surface area contributed by atoms with Crippen LogP contribution < -0.4 is 10.2 Å². The first-order valence-electron chi connectivity index (χ1n) is 8.12. The number of fused-ring (bicyclic) bond motifs is 1. The van der Waals surface area contributed by atoms with Crippen LogP contribution in [0.1, 0.15) is 22.3 Å². The summed E-state index contributed by atoms with van der Waals surface area (Å²) in [6.45, 7) is 3.62. The molecule has 1 aliphatic rings. The van der Waals surface area contributed by atoms with Crippen LogP contribution in [0.2, 0.25) is 0 Å². The lowest BCUT2D eigenvalue weighted by Crippen LogP contribution is -2.37. The fraction of sp³-hybridized carbons (Fsp3) is 0.278. The largest absolute Gasteiger partial charge is 0.354 e. The molecular formula is C18H19N5O. The van der Waals surface area contributed by atoms with E-state index in [1.54, 1.807) is 12.4 Å². The molecule has 3 aromatic rings. The summed E-state index contributed by atoms with van der Waals surface area (Å²) >= 11 is 0. The summed E-state index contributed by atoms with van der Waals surface area (Å²) in [7, 11) is 0. The van der Waals surface area contributed by atoms with Gasteiger partial charge in [-0.2, -0.15) is 9.61 Å². The van der Waals surface area contributed by atoms with Gasteiger partial charge in [0.2, 0.25) is 0 Å². The van der Waals surface area contributed by atoms with Gasteiger partial charge in [0.25, 0.3) is 5.91 Å². The molecule has 24 heavy (non-hydrogen) atoms. The first kappa shape index (κ1) is 14.7. The highest BCUT2D eigenvalue weighted by Gasteiger charge is 2.26. The Morgan fingerprint density at radius 1 is 1.21 bits per heavy atom. The van der Waals surface area contributed by atoms with E-state index in [1.807, 2.05) is 47.8 Å². The average Bonchev–Trinajstić information content (AvgIpc) is 3.23. The van der Waals surface area contributed by atoms with Gasteiger partial charge >= 0.3 is 0 Å². The topological polar surface area (TPSA) is 62.5 Å². The number of nitrogens with one attached hydrogen (secondary N) is 1. The SMILES string of the molecule is Cc1ccccc1C(=O)NC1CCN(c2ccnc3ccnn23)C1. The van der Waals surface area contributed by atoms with Gasteiger partial charge in [-0.15, -0.1) is 0 Å². The maximum atomic E-state index is 12.5. The van der Waals surface area contributed by atoms with E-state index in [9.17, 15) is 4.79 Å². The zero-order valence-electron chi connectivity index (χ0n) is 13.5. The van der Waals surface area contributed by atoms with Gasteiger partial charge in [0.1, 0.15) is 5.82 Å². The molecule has 1 unspecified atom stereocenters. The van der Waals surface area contributed by atoms with E-state index in [0.29, 0.717) is 0 Å². The lowest BCUT2D eigenvalue weighted by molar-refractivity contribution is 0.0940. The highest BCUT2D eigenvalue weighted by molar-refractivity contribution is 5.95. The number of amides is 1. The molecule has 2 aromatic heterocycles. The molecule has 6 nitrogen and oxygen atoms in total.